The van der Waals surface area contributed by atoms with Crippen LogP contribution in [0.3, 0.4) is 0 Å². The molecule has 2 aromatic carbocycles. The molecule has 0 bridgehead atoms. The highest BCUT2D eigenvalue weighted by Crippen LogP contribution is 2.15. The summed E-state index contributed by atoms with van der Waals surface area (Å²) in [7, 11) is 0. The number of hydrogen-bond acceptors (Lipinski definition) is 6. The average molecular weight is 396 g/mol. The SMILES string of the molecule is O=C(COC(=O)CNC(=O)c1ccc2ccccc2c1)NC(=O)c1cccs1. The molecule has 0 fully saturated rings. The standard InChI is InChI=1S/C20H16N2O5S/c23-17(22-20(26)16-6-3-9-28-16)12-27-18(24)11-21-19(25)15-8-7-13-4-1-2-5-14(13)10-15/h1-10H,11-12H2,(H,21,25)(H,22,23,26). The van der Waals surface area contributed by atoms with Crippen molar-refractivity contribution in [2.24, 2.45) is 0 Å². The van der Waals surface area contributed by atoms with Gasteiger partial charge in [0.2, 0.25) is 0 Å². The predicted molar refractivity (Wildman–Crippen MR) is 104 cm³/mol. The van der Waals surface area contributed by atoms with E-state index in [0.717, 1.165) is 10.8 Å². The van der Waals surface area contributed by atoms with Gasteiger partial charge in [-0.15, -0.1) is 11.3 Å². The molecule has 1 aromatic heterocycles. The molecule has 0 atom stereocenters. The Labute approximate surface area is 164 Å². The zero-order valence-corrected chi connectivity index (χ0v) is 15.5. The number of amides is 3. The highest BCUT2D eigenvalue weighted by atomic mass is 32.1. The van der Waals surface area contributed by atoms with Crippen LogP contribution in [0.25, 0.3) is 10.8 Å². The van der Waals surface area contributed by atoms with Gasteiger partial charge < -0.3 is 10.1 Å². The first-order valence-electron chi connectivity index (χ1n) is 8.33. The van der Waals surface area contributed by atoms with E-state index in [-0.39, 0.29) is 0 Å². The Bertz CT molecular complexity index is 1030. The van der Waals surface area contributed by atoms with Crippen LogP contribution in [0.1, 0.15) is 20.0 Å². The van der Waals surface area contributed by atoms with Gasteiger partial charge in [-0.2, -0.15) is 0 Å². The van der Waals surface area contributed by atoms with E-state index in [4.69, 9.17) is 4.74 Å². The van der Waals surface area contributed by atoms with Crippen molar-refractivity contribution in [1.29, 1.82) is 0 Å². The maximum Gasteiger partial charge on any atom is 0.325 e. The number of carbonyl (C=O) groups is 4. The monoisotopic (exact) mass is 396 g/mol. The Morgan fingerprint density at radius 3 is 2.43 bits per heavy atom. The Balaban J connectivity index is 1.43. The summed E-state index contributed by atoms with van der Waals surface area (Å²) in [5.41, 5.74) is 0.408. The van der Waals surface area contributed by atoms with Gasteiger partial charge in [-0.05, 0) is 34.4 Å². The smallest absolute Gasteiger partial charge is 0.325 e. The van der Waals surface area contributed by atoms with Gasteiger partial charge in [0.15, 0.2) is 6.61 Å². The first kappa shape index (κ1) is 19.2. The van der Waals surface area contributed by atoms with Crippen LogP contribution in [0, 0.1) is 0 Å². The second-order valence-electron chi connectivity index (χ2n) is 5.76. The van der Waals surface area contributed by atoms with Crippen molar-refractivity contribution >= 4 is 45.8 Å². The predicted octanol–water partition coefficient (Wildman–Crippen LogP) is 2.13. The van der Waals surface area contributed by atoms with Crippen LogP contribution in [0.15, 0.2) is 60.0 Å². The third kappa shape index (κ3) is 5.01. The fourth-order valence-electron chi connectivity index (χ4n) is 2.41. The molecule has 8 heteroatoms. The van der Waals surface area contributed by atoms with Crippen LogP contribution in [0.5, 0.6) is 0 Å². The van der Waals surface area contributed by atoms with Crippen molar-refractivity contribution in [3.63, 3.8) is 0 Å². The molecule has 3 aromatic rings. The summed E-state index contributed by atoms with van der Waals surface area (Å²) >= 11 is 1.19. The number of thiophene rings is 1. The number of carbonyl (C=O) groups excluding carboxylic acids is 4. The lowest BCUT2D eigenvalue weighted by Crippen LogP contribution is -2.36. The van der Waals surface area contributed by atoms with E-state index in [0.29, 0.717) is 10.4 Å². The molecule has 7 nitrogen and oxygen atoms in total. The summed E-state index contributed by atoms with van der Waals surface area (Å²) in [4.78, 5) is 47.6. The number of benzene rings is 2. The number of hydrogen-bond donors (Lipinski definition) is 2. The number of ether oxygens (including phenoxy) is 1. The van der Waals surface area contributed by atoms with E-state index >= 15 is 0 Å². The lowest BCUT2D eigenvalue weighted by Gasteiger charge is -2.07. The van der Waals surface area contributed by atoms with Crippen molar-refractivity contribution < 1.29 is 23.9 Å². The quantitative estimate of drug-likeness (QED) is 0.622. The molecule has 0 spiro atoms. The summed E-state index contributed by atoms with van der Waals surface area (Å²) in [6, 6.07) is 16.0. The summed E-state index contributed by atoms with van der Waals surface area (Å²) in [5.74, 6) is -2.51. The molecule has 0 aliphatic rings. The van der Waals surface area contributed by atoms with Gasteiger partial charge >= 0.3 is 5.97 Å². The zero-order chi connectivity index (χ0) is 19.9. The molecule has 0 aliphatic heterocycles. The second-order valence-corrected chi connectivity index (χ2v) is 6.71. The van der Waals surface area contributed by atoms with Gasteiger partial charge in [-0.25, -0.2) is 0 Å². The largest absolute Gasteiger partial charge is 0.454 e. The molecule has 3 amide bonds. The first-order chi connectivity index (χ1) is 13.5. The molecule has 0 saturated carbocycles. The van der Waals surface area contributed by atoms with Gasteiger partial charge in [-0.3, -0.25) is 24.5 Å². The molecule has 0 unspecified atom stereocenters. The third-order valence-electron chi connectivity index (χ3n) is 3.77. The van der Waals surface area contributed by atoms with E-state index in [1.807, 2.05) is 30.3 Å². The lowest BCUT2D eigenvalue weighted by molar-refractivity contribution is -0.147. The number of rotatable bonds is 6. The van der Waals surface area contributed by atoms with E-state index in [2.05, 4.69) is 10.6 Å². The third-order valence-corrected chi connectivity index (χ3v) is 4.64. The average Bonchev–Trinajstić information content (AvgIpc) is 3.25. The van der Waals surface area contributed by atoms with E-state index in [9.17, 15) is 19.2 Å². The van der Waals surface area contributed by atoms with Gasteiger partial charge in [0.1, 0.15) is 6.54 Å². The number of imide groups is 1. The maximum absolute atomic E-state index is 12.2. The molecular weight excluding hydrogens is 380 g/mol. The normalized spacial score (nSPS) is 10.3. The molecule has 28 heavy (non-hydrogen) atoms. The van der Waals surface area contributed by atoms with Crippen molar-refractivity contribution in [2.45, 2.75) is 0 Å². The van der Waals surface area contributed by atoms with E-state index in [1.54, 1.807) is 29.6 Å². The molecule has 0 saturated heterocycles. The molecule has 2 N–H and O–H groups in total. The van der Waals surface area contributed by atoms with Crippen LogP contribution >= 0.6 is 11.3 Å². The summed E-state index contributed by atoms with van der Waals surface area (Å²) in [6.45, 7) is -1.00. The Morgan fingerprint density at radius 1 is 0.893 bits per heavy atom. The highest BCUT2D eigenvalue weighted by molar-refractivity contribution is 7.12. The fraction of sp³-hybridized carbons (Fsp3) is 0.100. The van der Waals surface area contributed by atoms with Crippen molar-refractivity contribution in [3.05, 3.63) is 70.4 Å². The van der Waals surface area contributed by atoms with Crippen LogP contribution in [-0.4, -0.2) is 36.8 Å². The zero-order valence-electron chi connectivity index (χ0n) is 14.6. The van der Waals surface area contributed by atoms with Gasteiger partial charge in [0.25, 0.3) is 17.7 Å². The molecule has 0 aliphatic carbocycles. The molecule has 142 valence electrons. The van der Waals surface area contributed by atoms with Gasteiger partial charge in [0, 0.05) is 5.56 Å². The van der Waals surface area contributed by atoms with E-state index in [1.165, 1.54) is 11.3 Å². The minimum Gasteiger partial charge on any atom is -0.454 e. The fourth-order valence-corrected chi connectivity index (χ4v) is 3.03. The van der Waals surface area contributed by atoms with Crippen LogP contribution < -0.4 is 10.6 Å². The Morgan fingerprint density at radius 2 is 1.68 bits per heavy atom. The summed E-state index contributed by atoms with van der Waals surface area (Å²) < 4.78 is 4.76. The minimum absolute atomic E-state index is 0.377. The molecule has 1 heterocycles. The Kier molecular flexibility index (Phi) is 6.13. The van der Waals surface area contributed by atoms with Crippen molar-refractivity contribution in [2.75, 3.05) is 13.2 Å². The number of nitrogens with one attached hydrogen (secondary N) is 2. The highest BCUT2D eigenvalue weighted by Gasteiger charge is 2.14. The maximum atomic E-state index is 12.2. The first-order valence-corrected chi connectivity index (χ1v) is 9.21. The summed E-state index contributed by atoms with van der Waals surface area (Å²) in [5, 5.41) is 8.17. The van der Waals surface area contributed by atoms with Crippen molar-refractivity contribution in [3.8, 4) is 0 Å². The minimum atomic E-state index is -0.784. The molecule has 3 rings (SSSR count). The van der Waals surface area contributed by atoms with Crippen LogP contribution in [0.4, 0.5) is 0 Å². The summed E-state index contributed by atoms with van der Waals surface area (Å²) in [6.07, 6.45) is 0. The number of esters is 1. The number of fused-ring (bicyclic) bond motifs is 1. The van der Waals surface area contributed by atoms with Crippen LogP contribution in [-0.2, 0) is 14.3 Å². The van der Waals surface area contributed by atoms with Gasteiger partial charge in [-0.1, -0.05) is 36.4 Å². The Hall–Kier alpha value is -3.52. The van der Waals surface area contributed by atoms with Crippen LogP contribution in [0.2, 0.25) is 0 Å². The molecule has 0 radical (unpaired) electrons. The molecular formula is C20H16N2O5S. The lowest BCUT2D eigenvalue weighted by atomic mass is 10.1. The van der Waals surface area contributed by atoms with Crippen molar-refractivity contribution in [1.82, 2.24) is 10.6 Å². The van der Waals surface area contributed by atoms with E-state index < -0.39 is 36.8 Å². The topological polar surface area (TPSA) is 102 Å². The van der Waals surface area contributed by atoms with Gasteiger partial charge in [0.05, 0.1) is 4.88 Å². The second kappa shape index (κ2) is 8.92.